The van der Waals surface area contributed by atoms with Crippen molar-refractivity contribution in [3.05, 3.63) is 0 Å². The molecule has 22 heavy (non-hydrogen) atoms. The fourth-order valence-electron chi connectivity index (χ4n) is 1.52. The van der Waals surface area contributed by atoms with Gasteiger partial charge < -0.3 is 9.53 Å². The van der Waals surface area contributed by atoms with Crippen LogP contribution in [0, 0.1) is 5.92 Å². The first-order valence-electron chi connectivity index (χ1n) is 7.52. The van der Waals surface area contributed by atoms with E-state index in [4.69, 9.17) is 39.2 Å². The average Bonchev–Trinajstić information content (AvgIpc) is 2.24. The van der Waals surface area contributed by atoms with Crippen LogP contribution in [0.1, 0.15) is 47.5 Å². The van der Waals surface area contributed by atoms with E-state index in [1.165, 1.54) is 0 Å². The molecular formula is C15H29Cl3O3Si. The quantitative estimate of drug-likeness (QED) is 0.484. The van der Waals surface area contributed by atoms with Crippen LogP contribution >= 0.6 is 34.8 Å². The Kier molecular flexibility index (Phi) is 8.42. The molecular weight excluding hydrogens is 363 g/mol. The van der Waals surface area contributed by atoms with Crippen molar-refractivity contribution in [1.29, 1.82) is 0 Å². The minimum atomic E-state index is -2.17. The standard InChI is InChI=1S/C15H29Cl3O3Si/c1-10(2)12(20)8-11(19)9-13(15(16,17)18)21-22(6,7)14(3,4)5/h10,12-13,20H,8-9H2,1-7H3/t12-,13-/m0/s1. The van der Waals surface area contributed by atoms with E-state index in [1.54, 1.807) is 0 Å². The van der Waals surface area contributed by atoms with Gasteiger partial charge in [0.05, 0.1) is 12.2 Å². The monoisotopic (exact) mass is 390 g/mol. The third-order valence-corrected chi connectivity index (χ3v) is 9.44. The number of alkyl halides is 3. The van der Waals surface area contributed by atoms with Gasteiger partial charge in [0.25, 0.3) is 0 Å². The van der Waals surface area contributed by atoms with Gasteiger partial charge >= 0.3 is 0 Å². The minimum Gasteiger partial charge on any atom is -0.409 e. The van der Waals surface area contributed by atoms with E-state index < -0.39 is 24.3 Å². The molecule has 0 fully saturated rings. The highest BCUT2D eigenvalue weighted by Gasteiger charge is 2.45. The van der Waals surface area contributed by atoms with Crippen molar-refractivity contribution in [3.63, 3.8) is 0 Å². The number of carbonyl (C=O) groups excluding carboxylic acids is 1. The Morgan fingerprint density at radius 2 is 1.59 bits per heavy atom. The molecule has 0 saturated carbocycles. The lowest BCUT2D eigenvalue weighted by Crippen LogP contribution is -2.48. The number of halogens is 3. The van der Waals surface area contributed by atoms with Crippen molar-refractivity contribution in [2.75, 3.05) is 0 Å². The Morgan fingerprint density at radius 1 is 1.14 bits per heavy atom. The van der Waals surface area contributed by atoms with Crippen LogP contribution in [-0.2, 0) is 9.22 Å². The van der Waals surface area contributed by atoms with E-state index in [2.05, 4.69) is 20.8 Å². The molecule has 7 heteroatoms. The minimum absolute atomic E-state index is 0.00715. The molecule has 1 N–H and O–H groups in total. The first-order valence-corrected chi connectivity index (χ1v) is 11.6. The smallest absolute Gasteiger partial charge is 0.215 e. The lowest BCUT2D eigenvalue weighted by Gasteiger charge is -2.41. The molecule has 0 heterocycles. The summed E-state index contributed by atoms with van der Waals surface area (Å²) in [6.07, 6.45) is -1.44. The first-order chi connectivity index (χ1) is 9.58. The Labute approximate surface area is 150 Å². The van der Waals surface area contributed by atoms with Gasteiger partial charge in [0.1, 0.15) is 5.78 Å². The van der Waals surface area contributed by atoms with Gasteiger partial charge in [-0.25, -0.2) is 0 Å². The zero-order chi connectivity index (χ0) is 17.9. The molecule has 0 rings (SSSR count). The molecule has 0 unspecified atom stereocenters. The summed E-state index contributed by atoms with van der Waals surface area (Å²) in [6, 6.07) is 0. The van der Waals surface area contributed by atoms with Gasteiger partial charge in [-0.15, -0.1) is 0 Å². The molecule has 0 radical (unpaired) electrons. The fourth-order valence-corrected chi connectivity index (χ4v) is 3.43. The van der Waals surface area contributed by atoms with Crippen LogP contribution in [0.3, 0.4) is 0 Å². The highest BCUT2D eigenvalue weighted by atomic mass is 35.6. The normalized spacial score (nSPS) is 16.7. The highest BCUT2D eigenvalue weighted by molar-refractivity contribution is 6.74. The van der Waals surface area contributed by atoms with Gasteiger partial charge in [-0.2, -0.15) is 0 Å². The third-order valence-electron chi connectivity index (χ3n) is 4.23. The summed E-state index contributed by atoms with van der Waals surface area (Å²) in [7, 11) is -2.17. The van der Waals surface area contributed by atoms with E-state index in [0.29, 0.717) is 0 Å². The van der Waals surface area contributed by atoms with Crippen molar-refractivity contribution >= 4 is 48.9 Å². The van der Waals surface area contributed by atoms with E-state index in [-0.39, 0.29) is 29.6 Å². The Bertz CT molecular complexity index is 373. The number of aliphatic hydroxyl groups excluding tert-OH is 1. The highest BCUT2D eigenvalue weighted by Crippen LogP contribution is 2.42. The van der Waals surface area contributed by atoms with Crippen molar-refractivity contribution in [2.45, 2.75) is 81.6 Å². The number of rotatable bonds is 7. The second kappa shape index (κ2) is 8.17. The van der Waals surface area contributed by atoms with E-state index in [1.807, 2.05) is 26.9 Å². The Morgan fingerprint density at radius 3 is 1.91 bits per heavy atom. The summed E-state index contributed by atoms with van der Waals surface area (Å²) in [5, 5.41) is 9.77. The first kappa shape index (κ1) is 22.7. The average molecular weight is 392 g/mol. The molecule has 0 aliphatic heterocycles. The number of hydrogen-bond acceptors (Lipinski definition) is 3. The molecule has 2 atom stereocenters. The van der Waals surface area contributed by atoms with Gasteiger partial charge in [0.2, 0.25) is 3.79 Å². The Balaban J connectivity index is 5.00. The van der Waals surface area contributed by atoms with Crippen molar-refractivity contribution < 1.29 is 14.3 Å². The summed E-state index contributed by atoms with van der Waals surface area (Å²) in [6.45, 7) is 14.1. The SMILES string of the molecule is CC(C)[C@@H](O)CC(=O)C[C@H](O[Si](C)(C)C(C)(C)C)C(Cl)(Cl)Cl. The molecule has 132 valence electrons. The Hall–Kier alpha value is 0.677. The molecule has 0 spiro atoms. The van der Waals surface area contributed by atoms with Crippen LogP contribution in [-0.4, -0.2) is 35.2 Å². The second-order valence-corrected chi connectivity index (χ2v) is 14.8. The molecule has 0 aliphatic rings. The summed E-state index contributed by atoms with van der Waals surface area (Å²) in [5.74, 6) is -0.146. The molecule has 0 aromatic heterocycles. The third kappa shape index (κ3) is 7.50. The zero-order valence-corrected chi connectivity index (χ0v) is 17.8. The van der Waals surface area contributed by atoms with Gasteiger partial charge in [-0.1, -0.05) is 69.4 Å². The van der Waals surface area contributed by atoms with Gasteiger partial charge in [0, 0.05) is 12.8 Å². The van der Waals surface area contributed by atoms with Crippen LogP contribution in [0.5, 0.6) is 0 Å². The largest absolute Gasteiger partial charge is 0.409 e. The number of ketones is 1. The summed E-state index contributed by atoms with van der Waals surface area (Å²) in [5.41, 5.74) is 0. The summed E-state index contributed by atoms with van der Waals surface area (Å²) < 4.78 is 4.45. The number of hydrogen-bond donors (Lipinski definition) is 1. The maximum atomic E-state index is 12.2. The van der Waals surface area contributed by atoms with Crippen LogP contribution in [0.25, 0.3) is 0 Å². The maximum absolute atomic E-state index is 12.2. The number of carbonyl (C=O) groups is 1. The van der Waals surface area contributed by atoms with Crippen LogP contribution in [0.15, 0.2) is 0 Å². The summed E-state index contributed by atoms with van der Waals surface area (Å²) >= 11 is 18.0. The molecule has 0 amide bonds. The lowest BCUT2D eigenvalue weighted by molar-refractivity contribution is -0.123. The molecule has 0 aromatic rings. The van der Waals surface area contributed by atoms with Crippen molar-refractivity contribution in [3.8, 4) is 0 Å². The zero-order valence-electron chi connectivity index (χ0n) is 14.5. The molecule has 0 bridgehead atoms. The number of Topliss-reactive ketones (excluding diaryl/α,β-unsaturated/α-hetero) is 1. The van der Waals surface area contributed by atoms with Crippen LogP contribution < -0.4 is 0 Å². The predicted octanol–water partition coefficient (Wildman–Crippen LogP) is 5.11. The lowest BCUT2D eigenvalue weighted by atomic mass is 9.99. The molecule has 0 saturated heterocycles. The van der Waals surface area contributed by atoms with Crippen molar-refractivity contribution in [2.24, 2.45) is 5.92 Å². The maximum Gasteiger partial charge on any atom is 0.215 e. The van der Waals surface area contributed by atoms with Gasteiger partial charge in [-0.3, -0.25) is 4.79 Å². The van der Waals surface area contributed by atoms with E-state index >= 15 is 0 Å². The van der Waals surface area contributed by atoms with E-state index in [9.17, 15) is 9.90 Å². The van der Waals surface area contributed by atoms with Gasteiger partial charge in [-0.05, 0) is 24.1 Å². The van der Waals surface area contributed by atoms with Crippen LogP contribution in [0.4, 0.5) is 0 Å². The second-order valence-electron chi connectivity index (χ2n) is 7.67. The van der Waals surface area contributed by atoms with E-state index in [0.717, 1.165) is 0 Å². The number of aliphatic hydroxyl groups is 1. The van der Waals surface area contributed by atoms with Crippen LogP contribution in [0.2, 0.25) is 18.1 Å². The molecule has 0 aliphatic carbocycles. The predicted molar refractivity (Wildman–Crippen MR) is 97.4 cm³/mol. The summed E-state index contributed by atoms with van der Waals surface area (Å²) in [4.78, 5) is 12.2. The van der Waals surface area contributed by atoms with Gasteiger partial charge in [0.15, 0.2) is 8.32 Å². The van der Waals surface area contributed by atoms with Crippen molar-refractivity contribution in [1.82, 2.24) is 0 Å². The fraction of sp³-hybridized carbons (Fsp3) is 0.933. The molecule has 3 nitrogen and oxygen atoms in total. The topological polar surface area (TPSA) is 46.5 Å². The molecule has 0 aromatic carbocycles.